The number of hydrogen-bond donors (Lipinski definition) is 3. The van der Waals surface area contributed by atoms with Crippen LogP contribution in [0.5, 0.6) is 0 Å². The maximum atomic E-state index is 12.1. The summed E-state index contributed by atoms with van der Waals surface area (Å²) in [7, 11) is 0. The van der Waals surface area contributed by atoms with E-state index >= 15 is 0 Å². The lowest BCUT2D eigenvalue weighted by molar-refractivity contribution is -0.268. The maximum Gasteiger partial charge on any atom is 0.303 e. The number of carbonyl (C=O) groups is 2. The van der Waals surface area contributed by atoms with E-state index in [1.54, 1.807) is 18.0 Å². The van der Waals surface area contributed by atoms with Crippen LogP contribution in [0.15, 0.2) is 102 Å². The van der Waals surface area contributed by atoms with Gasteiger partial charge in [0.2, 0.25) is 5.91 Å². The van der Waals surface area contributed by atoms with Crippen LogP contribution in [0.4, 0.5) is 0 Å². The normalized spacial score (nSPS) is 19.8. The van der Waals surface area contributed by atoms with E-state index in [2.05, 4.69) is 17.2 Å². The molecule has 1 aliphatic rings. The summed E-state index contributed by atoms with van der Waals surface area (Å²) >= 11 is 1.66. The van der Waals surface area contributed by atoms with Crippen molar-refractivity contribution < 1.29 is 29.3 Å². The molecule has 8 nitrogen and oxygen atoms in total. The number of carbonyl (C=O) groups excluding carboxylic acids is 1. The fraction of sp³-hybridized carbons (Fsp3) is 0.286. The lowest BCUT2D eigenvalue weighted by atomic mass is 9.91. The molecular weight excluding hydrogens is 576 g/mol. The number of carboxylic acid groups (broad SMARTS) is 1. The van der Waals surface area contributed by atoms with Crippen molar-refractivity contribution in [3.05, 3.63) is 119 Å². The summed E-state index contributed by atoms with van der Waals surface area (Å²) in [4.78, 5) is 27.3. The molecule has 3 N–H and O–H groups in total. The largest absolute Gasteiger partial charge is 0.481 e. The van der Waals surface area contributed by atoms with E-state index in [1.807, 2.05) is 91.0 Å². The van der Waals surface area contributed by atoms with Crippen molar-refractivity contribution in [3.63, 3.8) is 0 Å². The average Bonchev–Trinajstić information content (AvgIpc) is 3.06. The molecule has 1 fully saturated rings. The van der Waals surface area contributed by atoms with Gasteiger partial charge in [0.15, 0.2) is 6.29 Å². The minimum Gasteiger partial charge on any atom is -0.481 e. The number of hydrogen-bond acceptors (Lipinski definition) is 7. The van der Waals surface area contributed by atoms with Gasteiger partial charge < -0.3 is 25.0 Å². The predicted octanol–water partition coefficient (Wildman–Crippen LogP) is 6.31. The summed E-state index contributed by atoms with van der Waals surface area (Å²) in [6.07, 6.45) is 0.643. The Kier molecular flexibility index (Phi) is 10.8. The number of rotatable bonds is 12. The molecule has 0 radical (unpaired) electrons. The molecule has 1 saturated heterocycles. The highest BCUT2D eigenvalue weighted by Gasteiger charge is 2.38. The summed E-state index contributed by atoms with van der Waals surface area (Å²) in [6.45, 7) is 2.43. The van der Waals surface area contributed by atoms with Gasteiger partial charge in [-0.3, -0.25) is 9.59 Å². The molecule has 0 unspecified atom stereocenters. The van der Waals surface area contributed by atoms with Crippen LogP contribution in [0, 0.1) is 5.92 Å². The predicted molar refractivity (Wildman–Crippen MR) is 169 cm³/mol. The molecule has 0 aliphatic carbocycles. The number of thioether (sulfide) groups is 1. The number of benzene rings is 3. The third-order valence-corrected chi connectivity index (χ3v) is 8.74. The Morgan fingerprint density at radius 3 is 2.32 bits per heavy atom. The van der Waals surface area contributed by atoms with Crippen molar-refractivity contribution in [2.45, 2.75) is 56.4 Å². The van der Waals surface area contributed by atoms with Gasteiger partial charge in [0.1, 0.15) is 0 Å². The minimum absolute atomic E-state index is 0.0109. The number of aliphatic hydroxyl groups excluding tert-OH is 1. The third-order valence-electron chi connectivity index (χ3n) is 7.71. The minimum atomic E-state index is -0.995. The van der Waals surface area contributed by atoms with Crippen LogP contribution in [-0.4, -0.2) is 38.9 Å². The lowest BCUT2D eigenvalue weighted by Crippen LogP contribution is -2.38. The number of aliphatic hydroxyl groups is 1. The van der Waals surface area contributed by atoms with Crippen molar-refractivity contribution in [2.24, 2.45) is 5.92 Å². The highest BCUT2D eigenvalue weighted by molar-refractivity contribution is 7.99. The third kappa shape index (κ3) is 8.12. The summed E-state index contributed by atoms with van der Waals surface area (Å²) in [5, 5.41) is 22.1. The number of ether oxygens (including phenoxy) is 2. The van der Waals surface area contributed by atoms with Gasteiger partial charge >= 0.3 is 5.97 Å². The summed E-state index contributed by atoms with van der Waals surface area (Å²) in [5.74, 6) is -0.508. The zero-order valence-electron chi connectivity index (χ0n) is 24.5. The Balaban J connectivity index is 1.34. The smallest absolute Gasteiger partial charge is 0.303 e. The monoisotopic (exact) mass is 612 g/mol. The van der Waals surface area contributed by atoms with E-state index in [4.69, 9.17) is 14.6 Å². The number of nitrogens with zero attached hydrogens (tertiary/aromatic N) is 1. The molecule has 44 heavy (non-hydrogen) atoms. The Bertz CT molecular complexity index is 1530. The molecule has 0 spiro atoms. The quantitative estimate of drug-likeness (QED) is 0.160. The second-order valence-electron chi connectivity index (χ2n) is 10.8. The van der Waals surface area contributed by atoms with Gasteiger partial charge in [0, 0.05) is 36.4 Å². The van der Waals surface area contributed by atoms with E-state index in [-0.39, 0.29) is 43.5 Å². The average molecular weight is 613 g/mol. The van der Waals surface area contributed by atoms with Crippen molar-refractivity contribution in [2.75, 3.05) is 5.75 Å². The van der Waals surface area contributed by atoms with Gasteiger partial charge in [-0.05, 0) is 39.9 Å². The SMILES string of the molecule is C[C@H]1[C@@H](CSc2ccccn2)O[C@@H](c2ccc(-c3ccccc3CNC(=O)CCC(=O)O)cc2)O[C@H]1c1ccc(CO)cc1. The van der Waals surface area contributed by atoms with Gasteiger partial charge in [0.25, 0.3) is 0 Å². The van der Waals surface area contributed by atoms with E-state index in [1.165, 1.54) is 0 Å². The molecule has 5 rings (SSSR count). The molecule has 9 heteroatoms. The molecule has 3 aromatic carbocycles. The first-order chi connectivity index (χ1) is 21.4. The standard InChI is InChI=1S/C35H36N2O6S/c1-23-30(22-44-32-8-4-5-19-36-32)42-35(43-34(23)26-11-9-24(21-38)10-12-26)27-15-13-25(14-16-27)29-7-3-2-6-28(29)20-37-31(39)17-18-33(40)41/h2-16,19,23,30,34-35,38H,17-18,20-22H2,1H3,(H,37,39)(H,40,41)/t23-,30+,34+,35+/m0/s1. The van der Waals surface area contributed by atoms with Gasteiger partial charge in [-0.15, -0.1) is 11.8 Å². The highest BCUT2D eigenvalue weighted by atomic mass is 32.2. The molecule has 1 aromatic heterocycles. The zero-order valence-corrected chi connectivity index (χ0v) is 25.3. The number of carboxylic acids is 1. The molecule has 0 saturated carbocycles. The first kappa shape index (κ1) is 31.4. The van der Waals surface area contributed by atoms with E-state index in [0.29, 0.717) is 12.3 Å². The Morgan fingerprint density at radius 1 is 0.886 bits per heavy atom. The number of aromatic nitrogens is 1. The molecule has 4 aromatic rings. The Morgan fingerprint density at radius 2 is 1.61 bits per heavy atom. The summed E-state index contributed by atoms with van der Waals surface area (Å²) in [5.41, 5.74) is 5.66. The zero-order chi connectivity index (χ0) is 30.9. The lowest BCUT2D eigenvalue weighted by Gasteiger charge is -2.41. The van der Waals surface area contributed by atoms with Gasteiger partial charge in [-0.1, -0.05) is 85.8 Å². The molecule has 2 heterocycles. The van der Waals surface area contributed by atoms with Crippen molar-refractivity contribution in [3.8, 4) is 11.1 Å². The molecule has 4 atom stereocenters. The van der Waals surface area contributed by atoms with Crippen LogP contribution in [0.1, 0.15) is 54.4 Å². The number of pyridine rings is 1. The Labute approximate surface area is 261 Å². The number of aliphatic carboxylic acids is 1. The van der Waals surface area contributed by atoms with Crippen LogP contribution in [-0.2, 0) is 32.2 Å². The molecule has 1 aliphatic heterocycles. The van der Waals surface area contributed by atoms with Crippen LogP contribution in [0.25, 0.3) is 11.1 Å². The second-order valence-corrected chi connectivity index (χ2v) is 11.8. The van der Waals surface area contributed by atoms with Crippen molar-refractivity contribution >= 4 is 23.6 Å². The Hall–Kier alpha value is -4.02. The molecule has 1 amide bonds. The summed E-state index contributed by atoms with van der Waals surface area (Å²) in [6, 6.07) is 29.6. The van der Waals surface area contributed by atoms with E-state index in [9.17, 15) is 14.7 Å². The highest BCUT2D eigenvalue weighted by Crippen LogP contribution is 2.43. The van der Waals surface area contributed by atoms with E-state index in [0.717, 1.165) is 38.4 Å². The van der Waals surface area contributed by atoms with E-state index < -0.39 is 12.3 Å². The first-order valence-electron chi connectivity index (χ1n) is 14.6. The maximum absolute atomic E-state index is 12.1. The van der Waals surface area contributed by atoms with Gasteiger partial charge in [0.05, 0.1) is 30.3 Å². The van der Waals surface area contributed by atoms with Crippen LogP contribution < -0.4 is 5.32 Å². The van der Waals surface area contributed by atoms with Gasteiger partial charge in [-0.2, -0.15) is 0 Å². The van der Waals surface area contributed by atoms with Crippen molar-refractivity contribution in [1.82, 2.24) is 10.3 Å². The van der Waals surface area contributed by atoms with Crippen molar-refractivity contribution in [1.29, 1.82) is 0 Å². The molecular formula is C35H36N2O6S. The second kappa shape index (κ2) is 15.1. The van der Waals surface area contributed by atoms with Crippen LogP contribution in [0.2, 0.25) is 0 Å². The number of nitrogens with one attached hydrogen (secondary N) is 1. The van der Waals surface area contributed by atoms with Gasteiger partial charge in [-0.25, -0.2) is 4.98 Å². The number of amides is 1. The van der Waals surface area contributed by atoms with Crippen LogP contribution >= 0.6 is 11.8 Å². The topological polar surface area (TPSA) is 118 Å². The fourth-order valence-corrected chi connectivity index (χ4v) is 6.22. The first-order valence-corrected chi connectivity index (χ1v) is 15.6. The summed E-state index contributed by atoms with van der Waals surface area (Å²) < 4.78 is 13.2. The van der Waals surface area contributed by atoms with Crippen LogP contribution in [0.3, 0.4) is 0 Å². The fourth-order valence-electron chi connectivity index (χ4n) is 5.19. The molecule has 0 bridgehead atoms. The molecule has 228 valence electrons.